The van der Waals surface area contributed by atoms with Gasteiger partial charge in [-0.15, -0.1) is 0 Å². The number of hydrogen-bond acceptors (Lipinski definition) is 2. The minimum atomic E-state index is 0.808. The summed E-state index contributed by atoms with van der Waals surface area (Å²) < 4.78 is 0. The Morgan fingerprint density at radius 1 is 0.900 bits per heavy atom. The normalized spacial score (nSPS) is 17.7. The van der Waals surface area contributed by atoms with E-state index in [0.29, 0.717) is 0 Å². The van der Waals surface area contributed by atoms with Crippen LogP contribution in [0.3, 0.4) is 0 Å². The first kappa shape index (κ1) is 18.0. The van der Waals surface area contributed by atoms with Gasteiger partial charge in [0.2, 0.25) is 0 Å². The molecule has 1 rings (SSSR count). The second-order valence-electron chi connectivity index (χ2n) is 6.79. The van der Waals surface area contributed by atoms with E-state index < -0.39 is 0 Å². The summed E-state index contributed by atoms with van der Waals surface area (Å²) in [6.45, 7) is 11.1. The van der Waals surface area contributed by atoms with Crippen molar-refractivity contribution in [3.8, 4) is 0 Å². The molecule has 0 amide bonds. The number of unbranched alkanes of at least 4 members (excludes halogenated alkanes) is 7. The Bertz CT molecular complexity index is 200. The molecule has 1 atom stereocenters. The zero-order valence-corrected chi connectivity index (χ0v) is 14.1. The molecule has 0 radical (unpaired) electrons. The van der Waals surface area contributed by atoms with Gasteiger partial charge in [0.1, 0.15) is 0 Å². The van der Waals surface area contributed by atoms with Crippen LogP contribution in [0, 0.1) is 5.92 Å². The third-order valence-corrected chi connectivity index (χ3v) is 4.47. The first-order valence-electron chi connectivity index (χ1n) is 9.26. The van der Waals surface area contributed by atoms with Crippen molar-refractivity contribution < 1.29 is 0 Å². The van der Waals surface area contributed by atoms with Crippen LogP contribution in [0.4, 0.5) is 0 Å². The number of nitrogens with one attached hydrogen (secondary N) is 1. The van der Waals surface area contributed by atoms with Gasteiger partial charge in [0.05, 0.1) is 0 Å². The van der Waals surface area contributed by atoms with E-state index in [1.165, 1.54) is 96.9 Å². The van der Waals surface area contributed by atoms with Gasteiger partial charge in [0, 0.05) is 6.54 Å². The SMILES string of the molecule is CCCCCCCCCCNCC(C)CN1CCCC1. The van der Waals surface area contributed by atoms with Gasteiger partial charge in [0.15, 0.2) is 0 Å². The van der Waals surface area contributed by atoms with Crippen molar-refractivity contribution in [1.29, 1.82) is 0 Å². The highest BCUT2D eigenvalue weighted by Gasteiger charge is 2.13. The van der Waals surface area contributed by atoms with Crippen molar-refractivity contribution in [2.75, 3.05) is 32.7 Å². The van der Waals surface area contributed by atoms with E-state index in [4.69, 9.17) is 0 Å². The fraction of sp³-hybridized carbons (Fsp3) is 1.00. The molecule has 1 unspecified atom stereocenters. The molecule has 1 saturated heterocycles. The lowest BCUT2D eigenvalue weighted by atomic mass is 10.1. The molecule has 0 aromatic heterocycles. The van der Waals surface area contributed by atoms with Crippen molar-refractivity contribution in [2.24, 2.45) is 5.92 Å². The van der Waals surface area contributed by atoms with E-state index in [1.807, 2.05) is 0 Å². The Kier molecular flexibility index (Phi) is 11.4. The van der Waals surface area contributed by atoms with Crippen LogP contribution in [-0.4, -0.2) is 37.6 Å². The van der Waals surface area contributed by atoms with Crippen LogP contribution in [0.2, 0.25) is 0 Å². The van der Waals surface area contributed by atoms with Gasteiger partial charge in [-0.1, -0.05) is 58.8 Å². The van der Waals surface area contributed by atoms with E-state index in [-0.39, 0.29) is 0 Å². The van der Waals surface area contributed by atoms with Gasteiger partial charge in [-0.3, -0.25) is 0 Å². The summed E-state index contributed by atoms with van der Waals surface area (Å²) in [5.74, 6) is 0.808. The van der Waals surface area contributed by atoms with Gasteiger partial charge in [0.25, 0.3) is 0 Å². The number of hydrogen-bond donors (Lipinski definition) is 1. The van der Waals surface area contributed by atoms with Gasteiger partial charge < -0.3 is 10.2 Å². The molecule has 1 aliphatic rings. The molecule has 20 heavy (non-hydrogen) atoms. The van der Waals surface area contributed by atoms with Crippen LogP contribution in [-0.2, 0) is 0 Å². The predicted octanol–water partition coefficient (Wildman–Crippen LogP) is 4.45. The highest BCUT2D eigenvalue weighted by atomic mass is 15.1. The molecule has 0 saturated carbocycles. The molecule has 0 aromatic carbocycles. The third-order valence-electron chi connectivity index (χ3n) is 4.47. The molecule has 2 nitrogen and oxygen atoms in total. The predicted molar refractivity (Wildman–Crippen MR) is 90.3 cm³/mol. The maximum absolute atomic E-state index is 3.64. The maximum Gasteiger partial charge on any atom is 0.00191 e. The van der Waals surface area contributed by atoms with Crippen LogP contribution in [0.25, 0.3) is 0 Å². The zero-order chi connectivity index (χ0) is 14.5. The number of nitrogens with zero attached hydrogens (tertiary/aromatic N) is 1. The quantitative estimate of drug-likeness (QED) is 0.502. The second-order valence-corrected chi connectivity index (χ2v) is 6.79. The molecule has 120 valence electrons. The van der Waals surface area contributed by atoms with Crippen molar-refractivity contribution in [3.05, 3.63) is 0 Å². The molecule has 0 bridgehead atoms. The summed E-state index contributed by atoms with van der Waals surface area (Å²) in [6, 6.07) is 0. The van der Waals surface area contributed by atoms with Crippen LogP contribution in [0.5, 0.6) is 0 Å². The topological polar surface area (TPSA) is 15.3 Å². The summed E-state index contributed by atoms with van der Waals surface area (Å²) in [5.41, 5.74) is 0. The average molecular weight is 283 g/mol. The highest BCUT2D eigenvalue weighted by molar-refractivity contribution is 4.70. The lowest BCUT2D eigenvalue weighted by molar-refractivity contribution is 0.282. The Hall–Kier alpha value is -0.0800. The van der Waals surface area contributed by atoms with Crippen LogP contribution in [0.15, 0.2) is 0 Å². The summed E-state index contributed by atoms with van der Waals surface area (Å²) in [6.07, 6.45) is 14.2. The Labute approximate surface area is 127 Å². The average Bonchev–Trinajstić information content (AvgIpc) is 2.93. The summed E-state index contributed by atoms with van der Waals surface area (Å²) in [5, 5.41) is 3.64. The third kappa shape index (κ3) is 9.77. The van der Waals surface area contributed by atoms with E-state index in [0.717, 1.165) is 5.92 Å². The van der Waals surface area contributed by atoms with Crippen LogP contribution in [0.1, 0.15) is 78.1 Å². The van der Waals surface area contributed by atoms with Gasteiger partial charge in [-0.25, -0.2) is 0 Å². The molecule has 1 aliphatic heterocycles. The fourth-order valence-electron chi connectivity index (χ4n) is 3.20. The molecule has 1 N–H and O–H groups in total. The van der Waals surface area contributed by atoms with Gasteiger partial charge >= 0.3 is 0 Å². The molecular formula is C18H38N2. The lowest BCUT2D eigenvalue weighted by Crippen LogP contribution is -2.32. The van der Waals surface area contributed by atoms with Crippen molar-refractivity contribution in [1.82, 2.24) is 10.2 Å². The molecule has 0 aliphatic carbocycles. The van der Waals surface area contributed by atoms with E-state index in [1.54, 1.807) is 0 Å². The van der Waals surface area contributed by atoms with Gasteiger partial charge in [-0.05, 0) is 51.4 Å². The van der Waals surface area contributed by atoms with Crippen molar-refractivity contribution in [2.45, 2.75) is 78.1 Å². The second kappa shape index (κ2) is 12.6. The number of rotatable bonds is 13. The highest BCUT2D eigenvalue weighted by Crippen LogP contribution is 2.10. The zero-order valence-electron chi connectivity index (χ0n) is 14.1. The van der Waals surface area contributed by atoms with Crippen molar-refractivity contribution in [3.63, 3.8) is 0 Å². The minimum absolute atomic E-state index is 0.808. The summed E-state index contributed by atoms with van der Waals surface area (Å²) in [4.78, 5) is 2.63. The van der Waals surface area contributed by atoms with E-state index in [2.05, 4.69) is 24.1 Å². The Morgan fingerprint density at radius 2 is 1.50 bits per heavy atom. The van der Waals surface area contributed by atoms with E-state index in [9.17, 15) is 0 Å². The molecule has 2 heteroatoms. The summed E-state index contributed by atoms with van der Waals surface area (Å²) in [7, 11) is 0. The molecule has 1 fully saturated rings. The molecule has 1 heterocycles. The molecular weight excluding hydrogens is 244 g/mol. The maximum atomic E-state index is 3.64. The molecule has 0 spiro atoms. The minimum Gasteiger partial charge on any atom is -0.316 e. The fourth-order valence-corrected chi connectivity index (χ4v) is 3.20. The standard InChI is InChI=1S/C18H38N2/c1-3-4-5-6-7-8-9-10-13-19-16-18(2)17-20-14-11-12-15-20/h18-19H,3-17H2,1-2H3. The van der Waals surface area contributed by atoms with Crippen LogP contribution < -0.4 is 5.32 Å². The number of likely N-dealkylation sites (tertiary alicyclic amines) is 1. The van der Waals surface area contributed by atoms with Gasteiger partial charge in [-0.2, -0.15) is 0 Å². The van der Waals surface area contributed by atoms with Crippen molar-refractivity contribution >= 4 is 0 Å². The lowest BCUT2D eigenvalue weighted by Gasteiger charge is -2.20. The first-order chi connectivity index (χ1) is 9.83. The van der Waals surface area contributed by atoms with E-state index >= 15 is 0 Å². The monoisotopic (exact) mass is 282 g/mol. The first-order valence-corrected chi connectivity index (χ1v) is 9.26. The Balaban J connectivity index is 1.77. The summed E-state index contributed by atoms with van der Waals surface area (Å²) >= 11 is 0. The Morgan fingerprint density at radius 3 is 2.15 bits per heavy atom. The largest absolute Gasteiger partial charge is 0.316 e. The molecule has 0 aromatic rings. The van der Waals surface area contributed by atoms with Crippen LogP contribution >= 0.6 is 0 Å². The smallest absolute Gasteiger partial charge is 0.00191 e.